The number of alkyl halides is 1. The summed E-state index contributed by atoms with van der Waals surface area (Å²) in [6.07, 6.45) is 4.41. The van der Waals surface area contributed by atoms with E-state index >= 15 is 0 Å². The molecule has 88 valence electrons. The maximum atomic E-state index is 6.44. The monoisotopic (exact) mass is 309 g/mol. The van der Waals surface area contributed by atoms with Crippen molar-refractivity contribution in [3.8, 4) is 0 Å². The summed E-state index contributed by atoms with van der Waals surface area (Å²) in [5.74, 6) is 0. The number of hydrogen-bond donors (Lipinski definition) is 0. The Bertz CT molecular complexity index is 479. The molecule has 0 saturated heterocycles. The third-order valence-corrected chi connectivity index (χ3v) is 3.45. The quantitative estimate of drug-likeness (QED) is 0.750. The van der Waals surface area contributed by atoms with Crippen molar-refractivity contribution in [2.75, 3.05) is 0 Å². The van der Waals surface area contributed by atoms with Crippen LogP contribution in [0.2, 0.25) is 0 Å². The topological polar surface area (TPSA) is 12.9 Å². The van der Waals surface area contributed by atoms with E-state index in [2.05, 4.69) is 46.0 Å². The van der Waals surface area contributed by atoms with Crippen LogP contribution in [-0.2, 0) is 6.42 Å². The minimum absolute atomic E-state index is 0.00593. The average Bonchev–Trinajstić information content (AvgIpc) is 2.29. The van der Waals surface area contributed by atoms with E-state index < -0.39 is 0 Å². The van der Waals surface area contributed by atoms with Crippen LogP contribution in [0, 0.1) is 6.92 Å². The molecule has 0 aliphatic heterocycles. The fourth-order valence-corrected chi connectivity index (χ4v) is 2.72. The molecule has 0 amide bonds. The number of pyridine rings is 1. The third kappa shape index (κ3) is 3.55. The Labute approximate surface area is 115 Å². The zero-order chi connectivity index (χ0) is 12.3. The van der Waals surface area contributed by atoms with Crippen LogP contribution in [0.25, 0.3) is 0 Å². The van der Waals surface area contributed by atoms with Crippen molar-refractivity contribution in [2.24, 2.45) is 0 Å². The molecular formula is C14H13BrClN. The first kappa shape index (κ1) is 12.6. The van der Waals surface area contributed by atoms with Gasteiger partial charge in [0, 0.05) is 16.9 Å². The van der Waals surface area contributed by atoms with Crippen molar-refractivity contribution >= 4 is 27.5 Å². The number of benzene rings is 1. The summed E-state index contributed by atoms with van der Waals surface area (Å²) in [4.78, 5) is 4.00. The molecule has 1 aromatic carbocycles. The average molecular weight is 311 g/mol. The summed E-state index contributed by atoms with van der Waals surface area (Å²) in [5, 5.41) is -0.00593. The molecule has 0 aliphatic rings. The Balaban J connectivity index is 2.17. The molecule has 1 nitrogen and oxygen atoms in total. The van der Waals surface area contributed by atoms with Crippen LogP contribution in [0.15, 0.2) is 47.2 Å². The molecule has 0 fully saturated rings. The van der Waals surface area contributed by atoms with Gasteiger partial charge in [-0.15, -0.1) is 11.6 Å². The summed E-state index contributed by atoms with van der Waals surface area (Å²) < 4.78 is 1.08. The number of aryl methyl sites for hydroxylation is 1. The Morgan fingerprint density at radius 3 is 2.59 bits per heavy atom. The number of hydrogen-bond acceptors (Lipinski definition) is 1. The maximum absolute atomic E-state index is 6.44. The molecule has 1 aromatic heterocycles. The molecule has 0 radical (unpaired) electrons. The highest BCUT2D eigenvalue weighted by molar-refractivity contribution is 9.10. The van der Waals surface area contributed by atoms with E-state index in [0.717, 1.165) is 16.5 Å². The third-order valence-electron chi connectivity index (χ3n) is 2.59. The Morgan fingerprint density at radius 2 is 1.94 bits per heavy atom. The van der Waals surface area contributed by atoms with Crippen LogP contribution >= 0.6 is 27.5 Å². The van der Waals surface area contributed by atoms with Crippen molar-refractivity contribution in [1.82, 2.24) is 4.98 Å². The number of rotatable bonds is 3. The second-order valence-corrected chi connectivity index (χ2v) is 5.53. The van der Waals surface area contributed by atoms with Gasteiger partial charge in [0.1, 0.15) is 0 Å². The van der Waals surface area contributed by atoms with Crippen LogP contribution in [0.4, 0.5) is 0 Å². The van der Waals surface area contributed by atoms with Gasteiger partial charge in [0.2, 0.25) is 0 Å². The van der Waals surface area contributed by atoms with Gasteiger partial charge in [-0.25, -0.2) is 0 Å². The second kappa shape index (κ2) is 5.65. The molecular weight excluding hydrogens is 298 g/mol. The molecule has 1 unspecified atom stereocenters. The van der Waals surface area contributed by atoms with Crippen molar-refractivity contribution in [1.29, 1.82) is 0 Å². The fourth-order valence-electron chi connectivity index (χ4n) is 1.79. The van der Waals surface area contributed by atoms with Crippen LogP contribution in [-0.4, -0.2) is 4.98 Å². The number of aromatic nitrogens is 1. The summed E-state index contributed by atoms with van der Waals surface area (Å²) in [6.45, 7) is 2.07. The molecule has 17 heavy (non-hydrogen) atoms. The molecule has 0 N–H and O–H groups in total. The van der Waals surface area contributed by atoms with Gasteiger partial charge in [0.15, 0.2) is 0 Å². The lowest BCUT2D eigenvalue weighted by Crippen LogP contribution is -1.96. The number of nitrogens with zero attached hydrogens (tertiary/aromatic N) is 1. The van der Waals surface area contributed by atoms with Gasteiger partial charge in [-0.3, -0.25) is 4.98 Å². The van der Waals surface area contributed by atoms with E-state index in [0.29, 0.717) is 0 Å². The zero-order valence-electron chi connectivity index (χ0n) is 9.53. The normalized spacial score (nSPS) is 12.4. The highest BCUT2D eigenvalue weighted by atomic mass is 79.9. The highest BCUT2D eigenvalue weighted by Gasteiger charge is 2.10. The van der Waals surface area contributed by atoms with E-state index in [1.165, 1.54) is 11.1 Å². The molecule has 2 rings (SSSR count). The molecule has 0 spiro atoms. The minimum atomic E-state index is -0.00593. The van der Waals surface area contributed by atoms with Crippen LogP contribution < -0.4 is 0 Å². The van der Waals surface area contributed by atoms with Crippen molar-refractivity contribution in [2.45, 2.75) is 18.7 Å². The SMILES string of the molecule is Cc1cc(Br)cc(C(Cl)Cc2ccncc2)c1. The van der Waals surface area contributed by atoms with E-state index in [1.807, 2.05) is 12.1 Å². The second-order valence-electron chi connectivity index (χ2n) is 4.09. The molecule has 3 heteroatoms. The standard InChI is InChI=1S/C14H13BrClN/c1-10-6-12(9-13(15)7-10)14(16)8-11-2-4-17-5-3-11/h2-7,9,14H,8H2,1H3. The molecule has 0 aliphatic carbocycles. The van der Waals surface area contributed by atoms with Crippen molar-refractivity contribution in [3.05, 3.63) is 63.9 Å². The lowest BCUT2D eigenvalue weighted by molar-refractivity contribution is 0.913. The van der Waals surface area contributed by atoms with Gasteiger partial charge in [0.05, 0.1) is 5.38 Å². The first-order chi connectivity index (χ1) is 8.15. The van der Waals surface area contributed by atoms with Gasteiger partial charge in [-0.05, 0) is 54.3 Å². The molecule has 2 aromatic rings. The van der Waals surface area contributed by atoms with Gasteiger partial charge >= 0.3 is 0 Å². The largest absolute Gasteiger partial charge is 0.265 e. The summed E-state index contributed by atoms with van der Waals surface area (Å²) >= 11 is 9.94. The van der Waals surface area contributed by atoms with Crippen molar-refractivity contribution < 1.29 is 0 Å². The lowest BCUT2D eigenvalue weighted by atomic mass is 10.0. The Morgan fingerprint density at radius 1 is 1.24 bits per heavy atom. The van der Waals surface area contributed by atoms with Gasteiger partial charge in [-0.2, -0.15) is 0 Å². The summed E-state index contributed by atoms with van der Waals surface area (Å²) in [7, 11) is 0. The summed E-state index contributed by atoms with van der Waals surface area (Å²) in [5.41, 5.74) is 3.57. The minimum Gasteiger partial charge on any atom is -0.265 e. The summed E-state index contributed by atoms with van der Waals surface area (Å²) in [6, 6.07) is 10.3. The Hall–Kier alpha value is -0.860. The predicted molar refractivity (Wildman–Crippen MR) is 75.4 cm³/mol. The molecule has 1 heterocycles. The predicted octanol–water partition coefficient (Wildman–Crippen LogP) is 4.68. The first-order valence-electron chi connectivity index (χ1n) is 5.45. The molecule has 1 atom stereocenters. The van der Waals surface area contributed by atoms with Crippen LogP contribution in [0.3, 0.4) is 0 Å². The maximum Gasteiger partial charge on any atom is 0.0626 e. The lowest BCUT2D eigenvalue weighted by Gasteiger charge is -2.11. The van der Waals surface area contributed by atoms with Gasteiger partial charge < -0.3 is 0 Å². The molecule has 0 saturated carbocycles. The number of halogens is 2. The molecule has 0 bridgehead atoms. The van der Waals surface area contributed by atoms with E-state index in [1.54, 1.807) is 12.4 Å². The van der Waals surface area contributed by atoms with E-state index in [-0.39, 0.29) is 5.38 Å². The van der Waals surface area contributed by atoms with Crippen LogP contribution in [0.1, 0.15) is 22.1 Å². The van der Waals surface area contributed by atoms with Crippen molar-refractivity contribution in [3.63, 3.8) is 0 Å². The highest BCUT2D eigenvalue weighted by Crippen LogP contribution is 2.28. The van der Waals surface area contributed by atoms with E-state index in [9.17, 15) is 0 Å². The van der Waals surface area contributed by atoms with Gasteiger partial charge in [-0.1, -0.05) is 22.0 Å². The fraction of sp³-hybridized carbons (Fsp3) is 0.214. The van der Waals surface area contributed by atoms with E-state index in [4.69, 9.17) is 11.6 Å². The smallest absolute Gasteiger partial charge is 0.0626 e. The van der Waals surface area contributed by atoms with Crippen LogP contribution in [0.5, 0.6) is 0 Å². The first-order valence-corrected chi connectivity index (χ1v) is 6.68. The van der Waals surface area contributed by atoms with Gasteiger partial charge in [0.25, 0.3) is 0 Å². The Kier molecular flexibility index (Phi) is 4.19. The zero-order valence-corrected chi connectivity index (χ0v) is 11.9.